The number of nitrogens with zero attached hydrogens (tertiary/aromatic N) is 5. The minimum Gasteiger partial charge on any atom is -0.292 e. The molecule has 0 amide bonds. The molecular weight excluding hydrogens is 274 g/mol. The van der Waals surface area contributed by atoms with Gasteiger partial charge in [0.25, 0.3) is 5.56 Å². The number of aromatic nitrogens is 5. The predicted molar refractivity (Wildman–Crippen MR) is 78.2 cm³/mol. The molecule has 0 saturated carbocycles. The normalized spacial score (nSPS) is 11.3. The number of rotatable bonds is 3. The zero-order chi connectivity index (χ0) is 14.3. The lowest BCUT2D eigenvalue weighted by Crippen LogP contribution is -2.21. The first kappa shape index (κ1) is 13.0. The summed E-state index contributed by atoms with van der Waals surface area (Å²) in [6.07, 6.45) is 1.59. The second kappa shape index (κ2) is 4.82. The molecule has 20 heavy (non-hydrogen) atoms. The summed E-state index contributed by atoms with van der Waals surface area (Å²) >= 11 is 1.44. The minimum absolute atomic E-state index is 0.0152. The average Bonchev–Trinajstić information content (AvgIpc) is 2.98. The van der Waals surface area contributed by atoms with E-state index in [1.54, 1.807) is 15.7 Å². The number of aryl methyl sites for hydroxylation is 3. The van der Waals surface area contributed by atoms with Crippen molar-refractivity contribution in [1.29, 1.82) is 0 Å². The van der Waals surface area contributed by atoms with Gasteiger partial charge in [-0.1, -0.05) is 0 Å². The van der Waals surface area contributed by atoms with Crippen LogP contribution in [0.4, 0.5) is 0 Å². The maximum absolute atomic E-state index is 12.4. The highest BCUT2D eigenvalue weighted by Crippen LogP contribution is 2.19. The van der Waals surface area contributed by atoms with E-state index < -0.39 is 0 Å². The Hall–Kier alpha value is -2.02. The van der Waals surface area contributed by atoms with E-state index in [2.05, 4.69) is 15.2 Å². The molecule has 0 saturated heterocycles. The fourth-order valence-electron chi connectivity index (χ4n) is 2.09. The van der Waals surface area contributed by atoms with Crippen molar-refractivity contribution in [3.63, 3.8) is 0 Å². The summed E-state index contributed by atoms with van der Waals surface area (Å²) < 4.78 is 2.29. The molecule has 0 radical (unpaired) electrons. The van der Waals surface area contributed by atoms with Gasteiger partial charge in [0.2, 0.25) is 0 Å². The molecule has 0 unspecified atom stereocenters. The third-order valence-electron chi connectivity index (χ3n) is 3.25. The molecule has 0 spiro atoms. The lowest BCUT2D eigenvalue weighted by molar-refractivity contribution is 0.557. The highest BCUT2D eigenvalue weighted by molar-refractivity contribution is 7.17. The molecule has 3 aromatic rings. The van der Waals surface area contributed by atoms with Crippen LogP contribution in [0, 0.1) is 13.8 Å². The molecule has 3 heterocycles. The van der Waals surface area contributed by atoms with Gasteiger partial charge in [0, 0.05) is 0 Å². The smallest absolute Gasteiger partial charge is 0.271 e. The van der Waals surface area contributed by atoms with Crippen LogP contribution in [0.3, 0.4) is 0 Å². The Morgan fingerprint density at radius 3 is 2.80 bits per heavy atom. The highest BCUT2D eigenvalue weighted by Gasteiger charge is 2.12. The Morgan fingerprint density at radius 2 is 2.10 bits per heavy atom. The van der Waals surface area contributed by atoms with E-state index in [9.17, 15) is 4.79 Å². The first-order valence-corrected chi connectivity index (χ1v) is 7.32. The summed E-state index contributed by atoms with van der Waals surface area (Å²) in [5, 5.41) is 10.6. The molecule has 0 aliphatic rings. The summed E-state index contributed by atoms with van der Waals surface area (Å²) in [4.78, 5) is 18.4. The quantitative estimate of drug-likeness (QED) is 0.736. The van der Waals surface area contributed by atoms with Crippen molar-refractivity contribution in [3.8, 4) is 0 Å². The fourth-order valence-corrected chi connectivity index (χ4v) is 3.04. The van der Waals surface area contributed by atoms with E-state index >= 15 is 0 Å². The van der Waals surface area contributed by atoms with Crippen LogP contribution < -0.4 is 5.56 Å². The Labute approximate surface area is 119 Å². The number of hydrogen-bond acceptors (Lipinski definition) is 5. The van der Waals surface area contributed by atoms with Crippen molar-refractivity contribution in [2.24, 2.45) is 0 Å². The predicted octanol–water partition coefficient (Wildman–Crippen LogP) is 1.73. The van der Waals surface area contributed by atoms with Crippen molar-refractivity contribution in [2.45, 2.75) is 33.9 Å². The number of fused-ring (bicyclic) bond motifs is 1. The van der Waals surface area contributed by atoms with Gasteiger partial charge in [-0.2, -0.15) is 15.0 Å². The van der Waals surface area contributed by atoms with Gasteiger partial charge in [-0.3, -0.25) is 9.36 Å². The van der Waals surface area contributed by atoms with Crippen molar-refractivity contribution in [2.75, 3.05) is 0 Å². The summed E-state index contributed by atoms with van der Waals surface area (Å²) in [6, 6.07) is 0. The van der Waals surface area contributed by atoms with Crippen molar-refractivity contribution in [3.05, 3.63) is 39.0 Å². The van der Waals surface area contributed by atoms with Crippen molar-refractivity contribution >= 4 is 21.6 Å². The lowest BCUT2D eigenvalue weighted by atomic mass is 10.3. The molecule has 3 rings (SSSR count). The molecule has 3 aromatic heterocycles. The molecule has 0 bridgehead atoms. The zero-order valence-corrected chi connectivity index (χ0v) is 12.4. The molecule has 0 atom stereocenters. The Balaban J connectivity index is 2.04. The highest BCUT2D eigenvalue weighted by atomic mass is 32.1. The van der Waals surface area contributed by atoms with Gasteiger partial charge in [-0.25, -0.2) is 4.98 Å². The SMILES string of the molecule is CCn1nc(C)c(Cn2cnc3c(C)csc3c2=O)n1. The van der Waals surface area contributed by atoms with E-state index in [4.69, 9.17) is 0 Å². The molecule has 0 aliphatic heterocycles. The third-order valence-corrected chi connectivity index (χ3v) is 4.32. The van der Waals surface area contributed by atoms with Gasteiger partial charge in [0.05, 0.1) is 30.6 Å². The van der Waals surface area contributed by atoms with Gasteiger partial charge in [0.1, 0.15) is 10.4 Å². The average molecular weight is 289 g/mol. The minimum atomic E-state index is -0.0152. The summed E-state index contributed by atoms with van der Waals surface area (Å²) in [5.41, 5.74) is 3.48. The van der Waals surface area contributed by atoms with Crippen molar-refractivity contribution in [1.82, 2.24) is 24.5 Å². The van der Waals surface area contributed by atoms with Gasteiger partial charge in [-0.15, -0.1) is 11.3 Å². The van der Waals surface area contributed by atoms with Gasteiger partial charge < -0.3 is 0 Å². The molecule has 0 N–H and O–H groups in total. The van der Waals surface area contributed by atoms with Gasteiger partial charge >= 0.3 is 0 Å². The van der Waals surface area contributed by atoms with Crippen LogP contribution in [0.15, 0.2) is 16.5 Å². The molecular formula is C13H15N5OS. The maximum atomic E-state index is 12.4. The first-order valence-electron chi connectivity index (χ1n) is 6.44. The maximum Gasteiger partial charge on any atom is 0.271 e. The summed E-state index contributed by atoms with van der Waals surface area (Å²) in [6.45, 7) is 6.98. The van der Waals surface area contributed by atoms with Crippen LogP contribution in [0.2, 0.25) is 0 Å². The second-order valence-electron chi connectivity index (χ2n) is 4.69. The number of hydrogen-bond donors (Lipinski definition) is 0. The van der Waals surface area contributed by atoms with E-state index in [-0.39, 0.29) is 5.56 Å². The molecule has 7 heteroatoms. The topological polar surface area (TPSA) is 65.6 Å². The van der Waals surface area contributed by atoms with Crippen LogP contribution in [0.25, 0.3) is 10.2 Å². The fraction of sp³-hybridized carbons (Fsp3) is 0.385. The van der Waals surface area contributed by atoms with Crippen LogP contribution in [0.5, 0.6) is 0 Å². The third kappa shape index (κ3) is 2.03. The molecule has 0 aliphatic carbocycles. The Bertz CT molecular complexity index is 829. The summed E-state index contributed by atoms with van der Waals surface area (Å²) in [5.74, 6) is 0. The van der Waals surface area contributed by atoms with Crippen molar-refractivity contribution < 1.29 is 0 Å². The first-order chi connectivity index (χ1) is 9.60. The Morgan fingerprint density at radius 1 is 1.30 bits per heavy atom. The van der Waals surface area contributed by atoms with E-state index in [1.165, 1.54) is 11.3 Å². The monoisotopic (exact) mass is 289 g/mol. The molecule has 0 aromatic carbocycles. The molecule has 0 fully saturated rings. The van der Waals surface area contributed by atoms with Crippen LogP contribution >= 0.6 is 11.3 Å². The van der Waals surface area contributed by atoms with Crippen LogP contribution in [0.1, 0.15) is 23.9 Å². The van der Waals surface area contributed by atoms with E-state index in [1.807, 2.05) is 26.2 Å². The van der Waals surface area contributed by atoms with Gasteiger partial charge in [0.15, 0.2) is 0 Å². The van der Waals surface area contributed by atoms with E-state index in [0.717, 1.165) is 29.0 Å². The van der Waals surface area contributed by atoms with E-state index in [0.29, 0.717) is 11.2 Å². The zero-order valence-electron chi connectivity index (χ0n) is 11.6. The Kier molecular flexibility index (Phi) is 3.13. The number of thiophene rings is 1. The molecule has 6 nitrogen and oxygen atoms in total. The van der Waals surface area contributed by atoms with Gasteiger partial charge in [-0.05, 0) is 31.7 Å². The largest absolute Gasteiger partial charge is 0.292 e. The van der Waals surface area contributed by atoms with Crippen LogP contribution in [-0.2, 0) is 13.1 Å². The molecule has 104 valence electrons. The lowest BCUT2D eigenvalue weighted by Gasteiger charge is -2.03. The van der Waals surface area contributed by atoms with Crippen LogP contribution in [-0.4, -0.2) is 24.5 Å². The standard InChI is InChI=1S/C13H15N5OS/c1-4-18-15-9(3)10(16-18)5-17-7-14-11-8(2)6-20-12(11)13(17)19/h6-7H,4-5H2,1-3H3. The summed E-state index contributed by atoms with van der Waals surface area (Å²) in [7, 11) is 0. The second-order valence-corrected chi connectivity index (χ2v) is 5.57.